The van der Waals surface area contributed by atoms with Gasteiger partial charge in [-0.3, -0.25) is 4.79 Å². The second kappa shape index (κ2) is 7.77. The summed E-state index contributed by atoms with van der Waals surface area (Å²) < 4.78 is 5.11. The fourth-order valence-corrected chi connectivity index (χ4v) is 2.91. The standard InChI is InChI=1S/C20H18N2O2S/c1-14-21-19(13-25-14)16-6-8-17(9-7-16)22-20(23)12-5-15-3-10-18(24-2)11-4-15/h3-13H,1-2H3,(H,22,23)/b12-5+. The van der Waals surface area contributed by atoms with Gasteiger partial charge >= 0.3 is 0 Å². The van der Waals surface area contributed by atoms with E-state index in [2.05, 4.69) is 10.3 Å². The minimum Gasteiger partial charge on any atom is -0.497 e. The van der Waals surface area contributed by atoms with Crippen LogP contribution in [0.25, 0.3) is 17.3 Å². The Morgan fingerprint density at radius 2 is 1.84 bits per heavy atom. The minimum absolute atomic E-state index is 0.173. The van der Waals surface area contributed by atoms with Crippen LogP contribution < -0.4 is 10.1 Å². The van der Waals surface area contributed by atoms with Gasteiger partial charge in [-0.2, -0.15) is 0 Å². The smallest absolute Gasteiger partial charge is 0.248 e. The molecule has 0 aliphatic heterocycles. The van der Waals surface area contributed by atoms with Crippen LogP contribution in [0.3, 0.4) is 0 Å². The lowest BCUT2D eigenvalue weighted by Gasteiger charge is -2.03. The van der Waals surface area contributed by atoms with Gasteiger partial charge in [-0.25, -0.2) is 4.98 Å². The lowest BCUT2D eigenvalue weighted by Crippen LogP contribution is -2.07. The first-order valence-electron chi connectivity index (χ1n) is 7.80. The fourth-order valence-electron chi connectivity index (χ4n) is 2.29. The van der Waals surface area contributed by atoms with Crippen molar-refractivity contribution in [2.75, 3.05) is 12.4 Å². The van der Waals surface area contributed by atoms with Crippen LogP contribution in [-0.2, 0) is 4.79 Å². The Kier molecular flexibility index (Phi) is 5.26. The van der Waals surface area contributed by atoms with E-state index in [1.165, 1.54) is 6.08 Å². The van der Waals surface area contributed by atoms with Crippen molar-refractivity contribution in [2.24, 2.45) is 0 Å². The Morgan fingerprint density at radius 3 is 2.44 bits per heavy atom. The van der Waals surface area contributed by atoms with Gasteiger partial charge in [0.1, 0.15) is 5.75 Å². The molecule has 0 radical (unpaired) electrons. The third-order valence-corrected chi connectivity index (χ3v) is 4.38. The summed E-state index contributed by atoms with van der Waals surface area (Å²) in [6.07, 6.45) is 3.28. The van der Waals surface area contributed by atoms with Gasteiger partial charge in [0.25, 0.3) is 0 Å². The fraction of sp³-hybridized carbons (Fsp3) is 0.100. The number of amides is 1. The first kappa shape index (κ1) is 16.9. The molecule has 4 nitrogen and oxygen atoms in total. The average molecular weight is 350 g/mol. The van der Waals surface area contributed by atoms with Crippen LogP contribution in [-0.4, -0.2) is 18.0 Å². The molecule has 0 atom stereocenters. The number of hydrogen-bond acceptors (Lipinski definition) is 4. The number of aromatic nitrogens is 1. The molecule has 0 aliphatic rings. The van der Waals surface area contributed by atoms with Gasteiger partial charge in [-0.15, -0.1) is 11.3 Å². The lowest BCUT2D eigenvalue weighted by molar-refractivity contribution is -0.111. The highest BCUT2D eigenvalue weighted by Gasteiger charge is 2.03. The van der Waals surface area contributed by atoms with Gasteiger partial charge in [0.05, 0.1) is 17.8 Å². The number of benzene rings is 2. The number of nitrogens with zero attached hydrogens (tertiary/aromatic N) is 1. The summed E-state index contributed by atoms with van der Waals surface area (Å²) in [5, 5.41) is 5.92. The highest BCUT2D eigenvalue weighted by molar-refractivity contribution is 7.09. The van der Waals surface area contributed by atoms with Crippen LogP contribution >= 0.6 is 11.3 Å². The van der Waals surface area contributed by atoms with Gasteiger partial charge in [0, 0.05) is 22.7 Å². The van der Waals surface area contributed by atoms with Crippen molar-refractivity contribution in [2.45, 2.75) is 6.92 Å². The molecule has 0 aliphatic carbocycles. The Labute approximate surface area is 150 Å². The van der Waals surface area contributed by atoms with E-state index < -0.39 is 0 Å². The summed E-state index contributed by atoms with van der Waals surface area (Å²) in [5.41, 5.74) is 3.68. The molecule has 0 bridgehead atoms. The van der Waals surface area contributed by atoms with E-state index >= 15 is 0 Å². The van der Waals surface area contributed by atoms with Crippen molar-refractivity contribution >= 4 is 29.0 Å². The molecule has 0 spiro atoms. The number of thiazole rings is 1. The van der Waals surface area contributed by atoms with E-state index in [1.807, 2.05) is 60.8 Å². The number of carbonyl (C=O) groups excluding carboxylic acids is 1. The molecule has 1 aromatic heterocycles. The van der Waals surface area contributed by atoms with Crippen LogP contribution in [0.4, 0.5) is 5.69 Å². The first-order valence-corrected chi connectivity index (χ1v) is 8.68. The Bertz CT molecular complexity index is 881. The molecule has 0 unspecified atom stereocenters. The number of rotatable bonds is 5. The summed E-state index contributed by atoms with van der Waals surface area (Å²) in [7, 11) is 1.62. The van der Waals surface area contributed by atoms with Crippen molar-refractivity contribution in [1.29, 1.82) is 0 Å². The van der Waals surface area contributed by atoms with E-state index in [4.69, 9.17) is 4.74 Å². The summed E-state index contributed by atoms with van der Waals surface area (Å²) in [5.74, 6) is 0.616. The van der Waals surface area contributed by atoms with Crippen LogP contribution in [0.5, 0.6) is 5.75 Å². The highest BCUT2D eigenvalue weighted by atomic mass is 32.1. The predicted molar refractivity (Wildman–Crippen MR) is 103 cm³/mol. The third-order valence-electron chi connectivity index (χ3n) is 3.61. The molecule has 126 valence electrons. The predicted octanol–water partition coefficient (Wildman–Crippen LogP) is 4.78. The largest absolute Gasteiger partial charge is 0.497 e. The second-order valence-corrected chi connectivity index (χ2v) is 6.49. The highest BCUT2D eigenvalue weighted by Crippen LogP contribution is 2.23. The number of methoxy groups -OCH3 is 1. The van der Waals surface area contributed by atoms with Crippen LogP contribution in [0, 0.1) is 6.92 Å². The van der Waals surface area contributed by atoms with Gasteiger partial charge in [0.2, 0.25) is 5.91 Å². The molecule has 3 aromatic rings. The molecule has 0 saturated carbocycles. The van der Waals surface area contributed by atoms with E-state index in [0.717, 1.165) is 33.3 Å². The monoisotopic (exact) mass is 350 g/mol. The van der Waals surface area contributed by atoms with E-state index in [9.17, 15) is 4.79 Å². The molecule has 1 N–H and O–H groups in total. The third kappa shape index (κ3) is 4.55. The Morgan fingerprint density at radius 1 is 1.12 bits per heavy atom. The minimum atomic E-state index is -0.173. The quantitative estimate of drug-likeness (QED) is 0.674. The zero-order valence-corrected chi connectivity index (χ0v) is 14.8. The van der Waals surface area contributed by atoms with Gasteiger partial charge in [-0.05, 0) is 42.8 Å². The zero-order chi connectivity index (χ0) is 17.6. The number of carbonyl (C=O) groups is 1. The summed E-state index contributed by atoms with van der Waals surface area (Å²) in [4.78, 5) is 16.5. The van der Waals surface area contributed by atoms with Crippen molar-refractivity contribution in [3.05, 3.63) is 70.6 Å². The van der Waals surface area contributed by atoms with Crippen molar-refractivity contribution in [3.63, 3.8) is 0 Å². The van der Waals surface area contributed by atoms with Gasteiger partial charge < -0.3 is 10.1 Å². The average Bonchev–Trinajstić information content (AvgIpc) is 3.07. The van der Waals surface area contributed by atoms with Crippen LogP contribution in [0.2, 0.25) is 0 Å². The molecule has 2 aromatic carbocycles. The van der Waals surface area contributed by atoms with Crippen molar-refractivity contribution in [3.8, 4) is 17.0 Å². The van der Waals surface area contributed by atoms with Crippen LogP contribution in [0.15, 0.2) is 60.0 Å². The number of aryl methyl sites for hydroxylation is 1. The number of hydrogen-bond donors (Lipinski definition) is 1. The summed E-state index contributed by atoms with van der Waals surface area (Å²) in [6, 6.07) is 15.2. The number of nitrogens with one attached hydrogen (secondary N) is 1. The molecule has 0 fully saturated rings. The molecular formula is C20H18N2O2S. The molecule has 1 heterocycles. The second-order valence-electron chi connectivity index (χ2n) is 5.42. The maximum atomic E-state index is 12.0. The number of ether oxygens (including phenoxy) is 1. The molecule has 3 rings (SSSR count). The Balaban J connectivity index is 1.61. The molecular weight excluding hydrogens is 332 g/mol. The van der Waals surface area contributed by atoms with Crippen molar-refractivity contribution < 1.29 is 9.53 Å². The van der Waals surface area contributed by atoms with Crippen molar-refractivity contribution in [1.82, 2.24) is 4.98 Å². The zero-order valence-electron chi connectivity index (χ0n) is 14.0. The van der Waals surface area contributed by atoms with Crippen LogP contribution in [0.1, 0.15) is 10.6 Å². The first-order chi connectivity index (χ1) is 12.1. The van der Waals surface area contributed by atoms with Gasteiger partial charge in [0.15, 0.2) is 0 Å². The van der Waals surface area contributed by atoms with Gasteiger partial charge in [-0.1, -0.05) is 24.3 Å². The van der Waals surface area contributed by atoms with E-state index in [1.54, 1.807) is 24.5 Å². The Hall–Kier alpha value is -2.92. The summed E-state index contributed by atoms with van der Waals surface area (Å²) >= 11 is 1.62. The lowest BCUT2D eigenvalue weighted by atomic mass is 10.1. The molecule has 1 amide bonds. The number of anilines is 1. The molecule has 5 heteroatoms. The molecule has 25 heavy (non-hydrogen) atoms. The van der Waals surface area contributed by atoms with E-state index in [0.29, 0.717) is 0 Å². The topological polar surface area (TPSA) is 51.2 Å². The maximum absolute atomic E-state index is 12.0. The normalized spacial score (nSPS) is 10.8. The maximum Gasteiger partial charge on any atom is 0.248 e. The van der Waals surface area contributed by atoms with E-state index in [-0.39, 0.29) is 5.91 Å². The SMILES string of the molecule is COc1ccc(/C=C/C(=O)Nc2ccc(-c3csc(C)n3)cc2)cc1. The molecule has 0 saturated heterocycles. The summed E-state index contributed by atoms with van der Waals surface area (Å²) in [6.45, 7) is 1.98.